The molecule has 9 nitrogen and oxygen atoms in total. The Bertz CT molecular complexity index is 621. The molecule has 0 saturated heterocycles. The van der Waals surface area contributed by atoms with Crippen LogP contribution in [0, 0.1) is 17.3 Å². The maximum atomic E-state index is 12.8. The molecule has 0 rings (SSSR count). The number of hydrogen-bond donors (Lipinski definition) is 3. The Kier molecular flexibility index (Phi) is 62.3. The Morgan fingerprint density at radius 1 is 0.854 bits per heavy atom. The molecule has 256 valence electrons. The van der Waals surface area contributed by atoms with Gasteiger partial charge in [0, 0.05) is 23.2 Å². The zero-order valence-electron chi connectivity index (χ0n) is 21.8. The van der Waals surface area contributed by atoms with Crippen LogP contribution < -0.4 is 70.5 Å². The van der Waals surface area contributed by atoms with Crippen LogP contribution in [0.25, 0.3) is 0 Å². The van der Waals surface area contributed by atoms with Gasteiger partial charge in [-0.1, -0.05) is 80.2 Å². The van der Waals surface area contributed by atoms with Crippen LogP contribution in [0.2, 0.25) is 0 Å². The molecule has 0 saturated carbocycles. The van der Waals surface area contributed by atoms with E-state index in [0.29, 0.717) is 35.1 Å². The Balaban J connectivity index is -0.0000000765. The molecule has 12 heteroatoms. The van der Waals surface area contributed by atoms with Crippen LogP contribution >= 0.6 is 0 Å². The van der Waals surface area contributed by atoms with Crippen molar-refractivity contribution in [3.63, 3.8) is 0 Å². The maximum absolute atomic E-state index is 12.8. The number of likely N-dealkylation sites (N-methyl/N-ethyl adjacent to an activating group) is 2. The van der Waals surface area contributed by atoms with Gasteiger partial charge >= 0.3 is 29.6 Å². The van der Waals surface area contributed by atoms with Crippen molar-refractivity contribution in [3.8, 4) is 0 Å². The number of nitrogens with two attached hydrogens (primary N) is 1. The minimum atomic E-state index is -1.28. The molecule has 0 aromatic rings. The molecule has 0 spiro atoms. The number of aliphatic hydroxyl groups is 1. The second-order valence-electron chi connectivity index (χ2n) is 10.8. The largest absolute Gasteiger partial charge is 1.00 e. The van der Waals surface area contributed by atoms with E-state index in [4.69, 9.17) is 5.73 Å². The van der Waals surface area contributed by atoms with E-state index in [0.717, 1.165) is 0 Å². The van der Waals surface area contributed by atoms with Crippen LogP contribution in [-0.2, 0) is 14.4 Å². The molecule has 0 fully saturated rings. The van der Waals surface area contributed by atoms with Crippen LogP contribution in [0.1, 0.15) is 99.4 Å². The third-order valence-electron chi connectivity index (χ3n) is 5.30. The number of amides is 2. The average Bonchev–Trinajstić information content (AvgIpc) is 2.53. The summed E-state index contributed by atoms with van der Waals surface area (Å²) < 4.78 is 1.02. The number of carbonyl (C=O) groups excluding carboxylic acids is 3. The van der Waals surface area contributed by atoms with E-state index < -0.39 is 35.2 Å². The number of carboxylic acids is 1. The van der Waals surface area contributed by atoms with Crippen molar-refractivity contribution in [1.29, 1.82) is 0 Å². The first-order chi connectivity index (χ1) is 13.4. The van der Waals surface area contributed by atoms with Crippen molar-refractivity contribution in [2.24, 2.45) is 23.0 Å². The topological polar surface area (TPSA) is 133 Å². The molecule has 4 N–H and O–H groups in total. The summed E-state index contributed by atoms with van der Waals surface area (Å²) in [6, 6.07) is 0. The number of carbonyl (C=O) groups is 3. The van der Waals surface area contributed by atoms with Crippen LogP contribution in [0.3, 0.4) is 0 Å². The van der Waals surface area contributed by atoms with Crippen molar-refractivity contribution in [3.05, 3.63) is 0 Å². The summed E-state index contributed by atoms with van der Waals surface area (Å²) in [6.45, 7) is 6.48. The van der Waals surface area contributed by atoms with Crippen molar-refractivity contribution >= 4 is 17.8 Å². The predicted octanol–water partition coefficient (Wildman–Crippen LogP) is -5.01. The summed E-state index contributed by atoms with van der Waals surface area (Å²) in [5.74, 6) is -3.62. The number of hydrogen-bond acceptors (Lipinski definition) is 5. The van der Waals surface area contributed by atoms with Crippen LogP contribution in [-0.4, -0.2) is 93.0 Å². The van der Waals surface area contributed by atoms with E-state index in [-0.39, 0.29) is 133 Å². The fourth-order valence-electron chi connectivity index (χ4n) is 3.65. The number of rotatable bonds is 14. The second kappa shape index (κ2) is 32.8. The summed E-state index contributed by atoms with van der Waals surface area (Å²) in [5, 5.41) is 24.8. The standard InChI is InChI=1S/C21H42N4O5.8CH4.2ClH.Na/c1-9-15(18(22)27)10-16(19(28)29)11-21(2,3)20(30)23-14-25(7,8)13-17(26)12-24(4,5)6;;;;;;;;;;;/h15-17,26H,9-14H2,1-8H3,(H2-2,22,23,27,28,29,30);8*1H4;2*1H;/q;;;;;;;;;;;+1/p-1. The van der Waals surface area contributed by atoms with Gasteiger partial charge in [0.05, 0.1) is 35.2 Å². The number of primary amides is 1. The van der Waals surface area contributed by atoms with Crippen molar-refractivity contribution in [2.75, 3.05) is 55.0 Å². The number of halogens is 2. The molecule has 3 atom stereocenters. The molecule has 0 aliphatic rings. The molecule has 0 heterocycles. The number of nitrogens with one attached hydrogen (secondary N) is 1. The number of aliphatic carboxylic acids is 1. The normalized spacial score (nSPS) is 11.6. The van der Waals surface area contributed by atoms with E-state index in [2.05, 4.69) is 5.32 Å². The van der Waals surface area contributed by atoms with Gasteiger partial charge in [0.2, 0.25) is 11.8 Å². The minimum Gasteiger partial charge on any atom is -1.00 e. The molecule has 3 unspecified atom stereocenters. The number of quaternary nitrogens is 2. The third-order valence-corrected chi connectivity index (χ3v) is 5.30. The Hall–Kier alpha value is -0.130. The molecular weight excluding hydrogens is 578 g/mol. The van der Waals surface area contributed by atoms with Gasteiger partial charge in [-0.15, -0.1) is 0 Å². The van der Waals surface area contributed by atoms with Gasteiger partial charge in [0.1, 0.15) is 13.1 Å². The van der Waals surface area contributed by atoms with Crippen molar-refractivity contribution in [1.82, 2.24) is 5.32 Å². The Morgan fingerprint density at radius 2 is 1.24 bits per heavy atom. The van der Waals surface area contributed by atoms with Gasteiger partial charge in [-0.05, 0) is 19.3 Å². The summed E-state index contributed by atoms with van der Waals surface area (Å²) in [4.78, 5) is 35.9. The molecule has 0 aromatic heterocycles. The van der Waals surface area contributed by atoms with E-state index >= 15 is 0 Å². The minimum absolute atomic E-state index is 0. The van der Waals surface area contributed by atoms with Gasteiger partial charge in [0.25, 0.3) is 0 Å². The smallest absolute Gasteiger partial charge is 1.00 e. The SMILES string of the molecule is C.C.C.C.C.C.C.C.CCC(CC(CC(C)(C)C(=O)NC[N+](C)(C)CC(O)C[N+](C)(C)C)C(=O)[O-])C(N)=O.[Cl-].[Cl-].[Na+]. The average molecular weight is 654 g/mol. The number of nitrogens with zero attached hydrogens (tertiary/aromatic N) is 2. The summed E-state index contributed by atoms with van der Waals surface area (Å²) in [7, 11) is 9.83. The second-order valence-corrected chi connectivity index (χ2v) is 10.8. The first-order valence-electron chi connectivity index (χ1n) is 10.5. The molecule has 0 aromatic carbocycles. The quantitative estimate of drug-likeness (QED) is 0.0982. The van der Waals surface area contributed by atoms with Gasteiger partial charge in [-0.2, -0.15) is 0 Å². The van der Waals surface area contributed by atoms with Crippen LogP contribution in [0.5, 0.6) is 0 Å². The Labute approximate surface area is 293 Å². The molecule has 41 heavy (non-hydrogen) atoms. The molecule has 2 amide bonds. The van der Waals surface area contributed by atoms with Gasteiger partial charge < -0.3 is 59.8 Å². The van der Waals surface area contributed by atoms with E-state index in [1.54, 1.807) is 20.8 Å². The van der Waals surface area contributed by atoms with Gasteiger partial charge in [-0.3, -0.25) is 9.59 Å². The third kappa shape index (κ3) is 34.2. The zero-order chi connectivity index (χ0) is 23.9. The van der Waals surface area contributed by atoms with Crippen molar-refractivity contribution < 1.29 is 87.9 Å². The van der Waals surface area contributed by atoms with E-state index in [9.17, 15) is 24.6 Å². The number of carboxylic acid groups (broad SMARTS) is 1. The van der Waals surface area contributed by atoms with Crippen LogP contribution in [0.15, 0.2) is 0 Å². The molecule has 0 bridgehead atoms. The fraction of sp³-hybridized carbons (Fsp3) is 0.897. The molecular formula is C29H75Cl2N4NaO5. The number of aliphatic hydroxyl groups excluding tert-OH is 1. The van der Waals surface area contributed by atoms with Crippen LogP contribution in [0.4, 0.5) is 0 Å². The van der Waals surface area contributed by atoms with Gasteiger partial charge in [-0.25, -0.2) is 0 Å². The summed E-state index contributed by atoms with van der Waals surface area (Å²) in [5.41, 5.74) is 4.37. The first kappa shape index (κ1) is 77.9. The molecule has 0 aliphatic heterocycles. The van der Waals surface area contributed by atoms with E-state index in [1.165, 1.54) is 0 Å². The maximum Gasteiger partial charge on any atom is 1.00 e. The fourth-order valence-corrected chi connectivity index (χ4v) is 3.65. The first-order valence-corrected chi connectivity index (χ1v) is 10.5. The summed E-state index contributed by atoms with van der Waals surface area (Å²) >= 11 is 0. The van der Waals surface area contributed by atoms with E-state index in [1.807, 2.05) is 35.2 Å². The Morgan fingerprint density at radius 3 is 1.54 bits per heavy atom. The molecule has 0 radical (unpaired) electrons. The molecule has 0 aliphatic carbocycles. The monoisotopic (exact) mass is 653 g/mol. The van der Waals surface area contributed by atoms with Gasteiger partial charge in [0.15, 0.2) is 12.8 Å². The zero-order valence-corrected chi connectivity index (χ0v) is 25.3. The van der Waals surface area contributed by atoms with Crippen molar-refractivity contribution in [2.45, 2.75) is 106 Å². The predicted molar refractivity (Wildman–Crippen MR) is 167 cm³/mol. The summed E-state index contributed by atoms with van der Waals surface area (Å²) in [6.07, 6.45) is 0.0197.